The Hall–Kier alpha value is -2.06. The molecule has 2 nitrogen and oxygen atoms in total. The molecule has 0 aliphatic rings. The summed E-state index contributed by atoms with van der Waals surface area (Å²) in [6.45, 7) is 0. The fourth-order valence-corrected chi connectivity index (χ4v) is 1.65. The van der Waals surface area contributed by atoms with Gasteiger partial charge in [-0.3, -0.25) is 4.79 Å². The van der Waals surface area contributed by atoms with Gasteiger partial charge in [0.1, 0.15) is 5.03 Å². The molecule has 1 N–H and O–H groups in total. The molecule has 0 atom stereocenters. The average molecular weight is 258 g/mol. The van der Waals surface area contributed by atoms with Crippen LogP contribution in [0.3, 0.4) is 0 Å². The number of rotatable bonds is 3. The van der Waals surface area contributed by atoms with Gasteiger partial charge >= 0.3 is 0 Å². The van der Waals surface area contributed by atoms with Crippen LogP contribution < -0.4 is 5.32 Å². The van der Waals surface area contributed by atoms with Gasteiger partial charge in [0.2, 0.25) is 0 Å². The van der Waals surface area contributed by atoms with Gasteiger partial charge in [-0.15, -0.1) is 0 Å². The van der Waals surface area contributed by atoms with Crippen LogP contribution in [0.4, 0.5) is 5.69 Å². The average Bonchev–Trinajstić information content (AvgIpc) is 2.41. The van der Waals surface area contributed by atoms with Crippen LogP contribution in [0.25, 0.3) is 6.08 Å². The molecule has 3 heteroatoms. The Morgan fingerprint density at radius 1 is 0.944 bits per heavy atom. The maximum Gasteiger partial charge on any atom is 0.267 e. The molecule has 0 fully saturated rings. The van der Waals surface area contributed by atoms with Crippen LogP contribution >= 0.6 is 11.6 Å². The zero-order valence-corrected chi connectivity index (χ0v) is 10.4. The molecule has 90 valence electrons. The molecule has 0 aromatic heterocycles. The summed E-state index contributed by atoms with van der Waals surface area (Å²) in [5.74, 6) is -0.313. The minimum atomic E-state index is -0.313. The SMILES string of the molecule is O=C(Nc1ccccc1)C(Cl)=Cc1ccccc1. The molecule has 0 radical (unpaired) electrons. The van der Waals surface area contributed by atoms with Crippen molar-refractivity contribution in [3.63, 3.8) is 0 Å². The number of nitrogens with one attached hydrogen (secondary N) is 1. The summed E-state index contributed by atoms with van der Waals surface area (Å²) in [4.78, 5) is 11.8. The largest absolute Gasteiger partial charge is 0.321 e. The van der Waals surface area contributed by atoms with E-state index in [1.54, 1.807) is 6.08 Å². The fourth-order valence-electron chi connectivity index (χ4n) is 1.47. The molecule has 0 saturated carbocycles. The number of halogens is 1. The Bertz CT molecular complexity index is 549. The lowest BCUT2D eigenvalue weighted by Gasteiger charge is -2.03. The molecule has 18 heavy (non-hydrogen) atoms. The van der Waals surface area contributed by atoms with Crippen molar-refractivity contribution in [1.82, 2.24) is 0 Å². The normalized spacial score (nSPS) is 11.1. The molecule has 0 heterocycles. The smallest absolute Gasteiger partial charge is 0.267 e. The number of para-hydroxylation sites is 1. The van der Waals surface area contributed by atoms with Crippen molar-refractivity contribution in [3.8, 4) is 0 Å². The van der Waals surface area contributed by atoms with Crippen LogP contribution in [0.15, 0.2) is 65.7 Å². The maximum absolute atomic E-state index is 11.8. The summed E-state index contributed by atoms with van der Waals surface area (Å²) in [5.41, 5.74) is 1.62. The van der Waals surface area contributed by atoms with Gasteiger partial charge in [0.25, 0.3) is 5.91 Å². The van der Waals surface area contributed by atoms with Gasteiger partial charge in [0.05, 0.1) is 0 Å². The highest BCUT2D eigenvalue weighted by Crippen LogP contribution is 2.13. The predicted octanol–water partition coefficient (Wildman–Crippen LogP) is 3.91. The number of hydrogen-bond acceptors (Lipinski definition) is 1. The van der Waals surface area contributed by atoms with Crippen molar-refractivity contribution in [2.24, 2.45) is 0 Å². The quantitative estimate of drug-likeness (QED) is 0.830. The lowest BCUT2D eigenvalue weighted by molar-refractivity contribution is -0.112. The first-order valence-corrected chi connectivity index (χ1v) is 5.92. The van der Waals surface area contributed by atoms with Crippen LogP contribution in [0, 0.1) is 0 Å². The van der Waals surface area contributed by atoms with E-state index < -0.39 is 0 Å². The number of carbonyl (C=O) groups is 1. The predicted molar refractivity (Wildman–Crippen MR) is 75.3 cm³/mol. The van der Waals surface area contributed by atoms with Gasteiger partial charge in [-0.1, -0.05) is 60.1 Å². The molecule has 2 aromatic rings. The minimum Gasteiger partial charge on any atom is -0.321 e. The molecule has 0 aliphatic carbocycles. The zero-order valence-electron chi connectivity index (χ0n) is 9.64. The van der Waals surface area contributed by atoms with Crippen LogP contribution in [0.1, 0.15) is 5.56 Å². The molecular weight excluding hydrogens is 246 g/mol. The Kier molecular flexibility index (Phi) is 4.15. The van der Waals surface area contributed by atoms with Crippen LogP contribution in [-0.2, 0) is 4.79 Å². The lowest BCUT2D eigenvalue weighted by atomic mass is 10.2. The van der Waals surface area contributed by atoms with E-state index in [1.807, 2.05) is 60.7 Å². The molecule has 0 bridgehead atoms. The summed E-state index contributed by atoms with van der Waals surface area (Å²) in [6.07, 6.45) is 1.64. The fraction of sp³-hybridized carbons (Fsp3) is 0. The molecule has 1 amide bonds. The Morgan fingerprint density at radius 3 is 2.11 bits per heavy atom. The van der Waals surface area contributed by atoms with Crippen molar-refractivity contribution >= 4 is 29.3 Å². The second-order valence-corrected chi connectivity index (χ2v) is 4.13. The Morgan fingerprint density at radius 2 is 1.50 bits per heavy atom. The van der Waals surface area contributed by atoms with Gasteiger partial charge in [-0.05, 0) is 23.8 Å². The third-order valence-electron chi connectivity index (χ3n) is 2.34. The molecule has 2 rings (SSSR count). The molecular formula is C15H12ClNO. The molecule has 0 unspecified atom stereocenters. The van der Waals surface area contributed by atoms with E-state index in [1.165, 1.54) is 0 Å². The third-order valence-corrected chi connectivity index (χ3v) is 2.62. The Labute approximate surface area is 111 Å². The summed E-state index contributed by atoms with van der Waals surface area (Å²) in [5, 5.41) is 2.88. The van der Waals surface area contributed by atoms with Crippen molar-refractivity contribution < 1.29 is 4.79 Å². The van der Waals surface area contributed by atoms with Crippen molar-refractivity contribution in [1.29, 1.82) is 0 Å². The number of anilines is 1. The summed E-state index contributed by atoms with van der Waals surface area (Å²) in [6, 6.07) is 18.7. The van der Waals surface area contributed by atoms with E-state index in [9.17, 15) is 4.79 Å². The zero-order chi connectivity index (χ0) is 12.8. The summed E-state index contributed by atoms with van der Waals surface area (Å²) < 4.78 is 0. The molecule has 0 saturated heterocycles. The molecule has 0 aliphatic heterocycles. The second kappa shape index (κ2) is 6.03. The third kappa shape index (κ3) is 3.47. The number of amides is 1. The van der Waals surface area contributed by atoms with Crippen molar-refractivity contribution in [2.45, 2.75) is 0 Å². The van der Waals surface area contributed by atoms with Crippen molar-refractivity contribution in [3.05, 3.63) is 71.3 Å². The van der Waals surface area contributed by atoms with Crippen LogP contribution in [0.2, 0.25) is 0 Å². The van der Waals surface area contributed by atoms with Crippen LogP contribution in [0.5, 0.6) is 0 Å². The number of carbonyl (C=O) groups excluding carboxylic acids is 1. The highest BCUT2D eigenvalue weighted by Gasteiger charge is 2.06. The van der Waals surface area contributed by atoms with Gasteiger partial charge in [-0.2, -0.15) is 0 Å². The van der Waals surface area contributed by atoms with E-state index in [0.717, 1.165) is 11.3 Å². The van der Waals surface area contributed by atoms with Gasteiger partial charge in [0, 0.05) is 5.69 Å². The van der Waals surface area contributed by atoms with Crippen molar-refractivity contribution in [2.75, 3.05) is 5.32 Å². The minimum absolute atomic E-state index is 0.157. The summed E-state index contributed by atoms with van der Waals surface area (Å²) in [7, 11) is 0. The Balaban J connectivity index is 2.08. The topological polar surface area (TPSA) is 29.1 Å². The first kappa shape index (κ1) is 12.4. The van der Waals surface area contributed by atoms with Gasteiger partial charge in [-0.25, -0.2) is 0 Å². The van der Waals surface area contributed by atoms with E-state index in [4.69, 9.17) is 11.6 Å². The molecule has 2 aromatic carbocycles. The monoisotopic (exact) mass is 257 g/mol. The van der Waals surface area contributed by atoms with E-state index in [0.29, 0.717) is 0 Å². The van der Waals surface area contributed by atoms with Gasteiger partial charge in [0.15, 0.2) is 0 Å². The lowest BCUT2D eigenvalue weighted by Crippen LogP contribution is -2.11. The van der Waals surface area contributed by atoms with Gasteiger partial charge < -0.3 is 5.32 Å². The summed E-state index contributed by atoms with van der Waals surface area (Å²) >= 11 is 5.96. The number of hydrogen-bond donors (Lipinski definition) is 1. The first-order valence-electron chi connectivity index (χ1n) is 5.54. The maximum atomic E-state index is 11.8. The van der Waals surface area contributed by atoms with Crippen LogP contribution in [-0.4, -0.2) is 5.91 Å². The first-order chi connectivity index (χ1) is 8.75. The molecule has 0 spiro atoms. The highest BCUT2D eigenvalue weighted by atomic mass is 35.5. The standard InChI is InChI=1S/C15H12ClNO/c16-14(11-12-7-3-1-4-8-12)15(18)17-13-9-5-2-6-10-13/h1-11H,(H,17,18). The number of benzene rings is 2. The van der Waals surface area contributed by atoms with E-state index in [2.05, 4.69) is 5.32 Å². The second-order valence-electron chi connectivity index (χ2n) is 3.72. The van der Waals surface area contributed by atoms with E-state index >= 15 is 0 Å². The van der Waals surface area contributed by atoms with E-state index in [-0.39, 0.29) is 10.9 Å². The highest BCUT2D eigenvalue weighted by molar-refractivity contribution is 6.45.